The predicted octanol–water partition coefficient (Wildman–Crippen LogP) is 2.77. The van der Waals surface area contributed by atoms with Crippen LogP contribution in [0.15, 0.2) is 17.2 Å². The summed E-state index contributed by atoms with van der Waals surface area (Å²) in [6, 6.07) is 1.78. The van der Waals surface area contributed by atoms with Gasteiger partial charge >= 0.3 is 0 Å². The van der Waals surface area contributed by atoms with Crippen LogP contribution in [0.3, 0.4) is 0 Å². The minimum atomic E-state index is -1.56. The normalized spacial score (nSPS) is 8.73. The molecule has 15 heavy (non-hydrogen) atoms. The van der Waals surface area contributed by atoms with E-state index >= 15 is 0 Å². The molecule has 0 radical (unpaired) electrons. The Balaban J connectivity index is 2.99. The smallest absolute Gasteiger partial charge is 0.195 e. The van der Waals surface area contributed by atoms with E-state index in [0.29, 0.717) is 0 Å². The molecule has 0 aliphatic heterocycles. The average Bonchev–Trinajstić information content (AvgIpc) is 2.24. The minimum absolute atomic E-state index is 0.158. The first-order valence-electron chi connectivity index (χ1n) is 3.80. The third kappa shape index (κ3) is 2.66. The number of nitrogens with zero attached hydrogens (tertiary/aromatic N) is 3. The van der Waals surface area contributed by atoms with Crippen LogP contribution in [0.4, 0.5) is 13.2 Å². The Morgan fingerprint density at radius 3 is 2.67 bits per heavy atom. The zero-order valence-corrected chi connectivity index (χ0v) is 7.34. The molecule has 0 atom stereocenters. The topological polar surface area (TPSA) is 48.8 Å². The first kappa shape index (κ1) is 11.0. The molecule has 1 aromatic rings. The summed E-state index contributed by atoms with van der Waals surface area (Å²) in [7, 11) is 0. The monoisotopic (exact) mass is 211 g/mol. The maximum absolute atomic E-state index is 13.0. The Kier molecular flexibility index (Phi) is 3.61. The number of rotatable bonds is 1. The van der Waals surface area contributed by atoms with Crippen LogP contribution < -0.4 is 0 Å². The second-order valence-electron chi connectivity index (χ2n) is 2.41. The second kappa shape index (κ2) is 4.94. The van der Waals surface area contributed by atoms with Crippen molar-refractivity contribution in [1.29, 1.82) is 0 Å². The molecule has 6 heteroatoms. The van der Waals surface area contributed by atoms with Gasteiger partial charge in [-0.2, -0.15) is 0 Å². The van der Waals surface area contributed by atoms with E-state index in [1.807, 2.05) is 0 Å². The second-order valence-corrected chi connectivity index (χ2v) is 2.41. The van der Waals surface area contributed by atoms with Crippen molar-refractivity contribution in [3.8, 4) is 11.8 Å². The predicted molar refractivity (Wildman–Crippen MR) is 47.2 cm³/mol. The number of benzene rings is 1. The van der Waals surface area contributed by atoms with Crippen LogP contribution in [-0.4, -0.2) is 6.54 Å². The summed E-state index contributed by atoms with van der Waals surface area (Å²) >= 11 is 0. The Hall–Kier alpha value is -2.12. The molecule has 1 rings (SSSR count). The molecule has 0 aliphatic carbocycles. The summed E-state index contributed by atoms with van der Waals surface area (Å²) in [6.07, 6.45) is 0. The number of azide groups is 1. The fourth-order valence-corrected chi connectivity index (χ4v) is 0.824. The summed E-state index contributed by atoms with van der Waals surface area (Å²) in [5.41, 5.74) is 7.63. The van der Waals surface area contributed by atoms with E-state index < -0.39 is 17.5 Å². The molecule has 0 unspecified atom stereocenters. The highest BCUT2D eigenvalue weighted by Crippen LogP contribution is 2.13. The van der Waals surface area contributed by atoms with Gasteiger partial charge in [0.15, 0.2) is 17.5 Å². The van der Waals surface area contributed by atoms with E-state index in [-0.39, 0.29) is 12.1 Å². The van der Waals surface area contributed by atoms with Crippen LogP contribution in [0.25, 0.3) is 10.4 Å². The maximum Gasteiger partial charge on any atom is 0.195 e. The van der Waals surface area contributed by atoms with E-state index in [1.165, 1.54) is 0 Å². The Labute approximate surface area is 83.2 Å². The molecule has 0 fully saturated rings. The average molecular weight is 211 g/mol. The van der Waals surface area contributed by atoms with Crippen molar-refractivity contribution in [3.63, 3.8) is 0 Å². The molecule has 0 heterocycles. The van der Waals surface area contributed by atoms with Gasteiger partial charge in [-0.05, 0) is 17.7 Å². The third-order valence-electron chi connectivity index (χ3n) is 1.47. The van der Waals surface area contributed by atoms with E-state index in [9.17, 15) is 13.2 Å². The summed E-state index contributed by atoms with van der Waals surface area (Å²) < 4.78 is 38.1. The molecule has 0 aromatic heterocycles. The van der Waals surface area contributed by atoms with Gasteiger partial charge in [0.2, 0.25) is 0 Å². The highest BCUT2D eigenvalue weighted by molar-refractivity contribution is 5.36. The third-order valence-corrected chi connectivity index (χ3v) is 1.47. The zero-order valence-electron chi connectivity index (χ0n) is 7.34. The van der Waals surface area contributed by atoms with Crippen molar-refractivity contribution < 1.29 is 13.2 Å². The van der Waals surface area contributed by atoms with Crippen LogP contribution in [0.5, 0.6) is 0 Å². The van der Waals surface area contributed by atoms with Crippen molar-refractivity contribution in [2.45, 2.75) is 0 Å². The molecule has 0 spiro atoms. The van der Waals surface area contributed by atoms with Gasteiger partial charge in [-0.1, -0.05) is 17.0 Å². The first-order valence-corrected chi connectivity index (χ1v) is 3.80. The van der Waals surface area contributed by atoms with Gasteiger partial charge in [0.1, 0.15) is 0 Å². The van der Waals surface area contributed by atoms with Gasteiger partial charge in [-0.3, -0.25) is 0 Å². The Bertz CT molecular complexity index is 481. The molecular weight excluding hydrogens is 207 g/mol. The Morgan fingerprint density at radius 1 is 1.27 bits per heavy atom. The summed E-state index contributed by atoms with van der Waals surface area (Å²) in [6.45, 7) is -0.158. The standard InChI is InChI=1S/C9H4F3N3/c10-7-4-3-6(8(11)9(7)12)2-1-5-14-15-13/h3-4H,5H2. The fourth-order valence-electron chi connectivity index (χ4n) is 0.824. The molecule has 0 aliphatic rings. The van der Waals surface area contributed by atoms with Gasteiger partial charge < -0.3 is 0 Å². The van der Waals surface area contributed by atoms with E-state index in [0.717, 1.165) is 12.1 Å². The Morgan fingerprint density at radius 2 is 2.00 bits per heavy atom. The number of halogens is 3. The van der Waals surface area contributed by atoms with Gasteiger partial charge in [0, 0.05) is 4.91 Å². The molecule has 0 saturated heterocycles. The molecule has 3 nitrogen and oxygen atoms in total. The van der Waals surface area contributed by atoms with Crippen LogP contribution in [0, 0.1) is 29.3 Å². The first-order chi connectivity index (χ1) is 7.16. The van der Waals surface area contributed by atoms with Crippen molar-refractivity contribution >= 4 is 0 Å². The number of hydrogen-bond donors (Lipinski definition) is 0. The van der Waals surface area contributed by atoms with Gasteiger partial charge in [-0.25, -0.2) is 13.2 Å². The molecule has 1 aromatic carbocycles. The molecule has 0 saturated carbocycles. The highest BCUT2D eigenvalue weighted by Gasteiger charge is 2.11. The van der Waals surface area contributed by atoms with Crippen LogP contribution in [0.2, 0.25) is 0 Å². The van der Waals surface area contributed by atoms with Crippen molar-refractivity contribution in [1.82, 2.24) is 0 Å². The molecular formula is C9H4F3N3. The zero-order chi connectivity index (χ0) is 11.3. The fraction of sp³-hybridized carbons (Fsp3) is 0.111. The van der Waals surface area contributed by atoms with Crippen LogP contribution >= 0.6 is 0 Å². The van der Waals surface area contributed by atoms with Gasteiger partial charge in [-0.15, -0.1) is 0 Å². The molecule has 0 amide bonds. The minimum Gasteiger partial charge on any atom is -0.204 e. The molecule has 0 bridgehead atoms. The lowest BCUT2D eigenvalue weighted by atomic mass is 10.2. The summed E-state index contributed by atoms with van der Waals surface area (Å²) in [5, 5.41) is 3.07. The highest BCUT2D eigenvalue weighted by atomic mass is 19.2. The van der Waals surface area contributed by atoms with Gasteiger partial charge in [0.25, 0.3) is 0 Å². The summed E-state index contributed by atoms with van der Waals surface area (Å²) in [4.78, 5) is 2.42. The van der Waals surface area contributed by atoms with E-state index in [4.69, 9.17) is 5.53 Å². The van der Waals surface area contributed by atoms with Crippen molar-refractivity contribution in [2.75, 3.05) is 6.54 Å². The largest absolute Gasteiger partial charge is 0.204 e. The molecule has 76 valence electrons. The quantitative estimate of drug-likeness (QED) is 0.225. The van der Waals surface area contributed by atoms with Crippen molar-refractivity contribution in [2.24, 2.45) is 5.11 Å². The molecule has 0 N–H and O–H groups in total. The van der Waals surface area contributed by atoms with E-state index in [1.54, 1.807) is 0 Å². The summed E-state index contributed by atoms with van der Waals surface area (Å²) in [5.74, 6) is 0.331. The van der Waals surface area contributed by atoms with Crippen molar-refractivity contribution in [3.05, 3.63) is 45.6 Å². The lowest BCUT2D eigenvalue weighted by molar-refractivity contribution is 0.446. The SMILES string of the molecule is [N-]=[N+]=NCC#Cc1ccc(F)c(F)c1F. The maximum atomic E-state index is 13.0. The lowest BCUT2D eigenvalue weighted by Crippen LogP contribution is -1.93. The van der Waals surface area contributed by atoms with Gasteiger partial charge in [0.05, 0.1) is 12.1 Å². The number of hydrogen-bond acceptors (Lipinski definition) is 1. The van der Waals surface area contributed by atoms with E-state index in [2.05, 4.69) is 21.9 Å². The van der Waals surface area contributed by atoms with Crippen LogP contribution in [0.1, 0.15) is 5.56 Å². The lowest BCUT2D eigenvalue weighted by Gasteiger charge is -1.96. The van der Waals surface area contributed by atoms with Crippen LogP contribution in [-0.2, 0) is 0 Å².